The van der Waals surface area contributed by atoms with E-state index < -0.39 is 11.4 Å². The third-order valence-electron chi connectivity index (χ3n) is 5.52. The molecule has 3 heterocycles. The number of aromatic amines is 1. The number of halogens is 3. The molecule has 0 saturated carbocycles. The van der Waals surface area contributed by atoms with Crippen LogP contribution in [0.4, 0.5) is 0 Å². The predicted octanol–water partition coefficient (Wildman–Crippen LogP) is 3.28. The number of likely N-dealkylation sites (tertiary alicyclic amines) is 1. The van der Waals surface area contributed by atoms with Gasteiger partial charge in [-0.3, -0.25) is 9.69 Å². The lowest BCUT2D eigenvalue weighted by molar-refractivity contribution is -0.156. The van der Waals surface area contributed by atoms with Crippen LogP contribution in [0.5, 0.6) is 0 Å². The molecule has 9 heteroatoms. The molecule has 0 spiro atoms. The van der Waals surface area contributed by atoms with Crippen LogP contribution < -0.4 is 5.32 Å². The fourth-order valence-electron chi connectivity index (χ4n) is 4.03. The Morgan fingerprint density at radius 2 is 2.19 bits per heavy atom. The van der Waals surface area contributed by atoms with E-state index in [2.05, 4.69) is 27.1 Å². The van der Waals surface area contributed by atoms with E-state index in [1.807, 2.05) is 0 Å². The van der Waals surface area contributed by atoms with Crippen LogP contribution in [-0.2, 0) is 17.8 Å². The second-order valence-corrected chi connectivity index (χ2v) is 7.47. The Labute approximate surface area is 172 Å². The molecule has 3 N–H and O–H groups in total. The summed E-state index contributed by atoms with van der Waals surface area (Å²) in [7, 11) is 0. The molecule has 2 atom stereocenters. The van der Waals surface area contributed by atoms with E-state index in [1.165, 1.54) is 0 Å². The van der Waals surface area contributed by atoms with E-state index in [0.717, 1.165) is 63.3 Å². The molecule has 150 valence electrons. The lowest BCUT2D eigenvalue weighted by Gasteiger charge is -2.48. The van der Waals surface area contributed by atoms with E-state index in [4.69, 9.17) is 11.6 Å². The van der Waals surface area contributed by atoms with Gasteiger partial charge in [0, 0.05) is 25.6 Å². The number of nitrogens with zero attached hydrogens (tertiary/aromatic N) is 2. The third kappa shape index (κ3) is 4.84. The first-order valence-corrected chi connectivity index (χ1v) is 9.35. The smallest absolute Gasteiger partial charge is 0.311 e. The predicted molar refractivity (Wildman–Crippen MR) is 108 cm³/mol. The Morgan fingerprint density at radius 1 is 1.42 bits per heavy atom. The summed E-state index contributed by atoms with van der Waals surface area (Å²) in [5.41, 5.74) is 0.347. The van der Waals surface area contributed by atoms with Crippen molar-refractivity contribution in [2.45, 2.75) is 58.0 Å². The van der Waals surface area contributed by atoms with Gasteiger partial charge in [0.25, 0.3) is 0 Å². The largest absolute Gasteiger partial charge is 0.481 e. The zero-order valence-electron chi connectivity index (χ0n) is 15.1. The van der Waals surface area contributed by atoms with Gasteiger partial charge in [-0.1, -0.05) is 24.9 Å². The minimum atomic E-state index is -0.652. The average molecular weight is 428 g/mol. The van der Waals surface area contributed by atoms with Gasteiger partial charge in [0.15, 0.2) is 5.15 Å². The number of hydrogen-bond acceptors (Lipinski definition) is 4. The number of aromatic nitrogens is 2. The van der Waals surface area contributed by atoms with Crippen LogP contribution in [-0.4, -0.2) is 51.6 Å². The van der Waals surface area contributed by atoms with Crippen molar-refractivity contribution in [2.24, 2.45) is 5.41 Å². The van der Waals surface area contributed by atoms with Crippen LogP contribution in [0, 0.1) is 5.41 Å². The Bertz CT molecular complexity index is 599. The Morgan fingerprint density at radius 3 is 2.88 bits per heavy atom. The normalized spacial score (nSPS) is 25.7. The van der Waals surface area contributed by atoms with Gasteiger partial charge in [-0.25, -0.2) is 4.98 Å². The van der Waals surface area contributed by atoms with Crippen molar-refractivity contribution in [3.05, 3.63) is 16.7 Å². The number of rotatable bonds is 6. The van der Waals surface area contributed by atoms with E-state index in [0.29, 0.717) is 18.1 Å². The quantitative estimate of drug-likeness (QED) is 0.649. The number of carboxylic acid groups (broad SMARTS) is 1. The maximum absolute atomic E-state index is 11.8. The number of aliphatic carboxylic acids is 1. The summed E-state index contributed by atoms with van der Waals surface area (Å²) in [5.74, 6) is 0.297. The molecule has 0 amide bonds. The molecule has 6 nitrogen and oxygen atoms in total. The summed E-state index contributed by atoms with van der Waals surface area (Å²) < 4.78 is 0. The molecule has 2 fully saturated rings. The van der Waals surface area contributed by atoms with Crippen LogP contribution in [0.1, 0.15) is 50.5 Å². The topological polar surface area (TPSA) is 81.2 Å². The number of carbonyl (C=O) groups is 1. The summed E-state index contributed by atoms with van der Waals surface area (Å²) >= 11 is 6.28. The van der Waals surface area contributed by atoms with Crippen molar-refractivity contribution in [1.29, 1.82) is 0 Å². The zero-order chi connectivity index (χ0) is 17.2. The van der Waals surface area contributed by atoms with Gasteiger partial charge >= 0.3 is 5.97 Å². The highest BCUT2D eigenvalue weighted by Crippen LogP contribution is 2.39. The molecule has 3 rings (SSSR count). The molecule has 2 saturated heterocycles. The van der Waals surface area contributed by atoms with E-state index in [1.54, 1.807) is 0 Å². The van der Waals surface area contributed by atoms with Crippen LogP contribution in [0.2, 0.25) is 5.15 Å². The summed E-state index contributed by atoms with van der Waals surface area (Å²) in [6.45, 7) is 5.28. The molecule has 0 radical (unpaired) electrons. The lowest BCUT2D eigenvalue weighted by atomic mass is 9.69. The second-order valence-electron chi connectivity index (χ2n) is 7.11. The number of H-pyrrole nitrogens is 1. The standard InChI is InChI=1S/C17H27ClN4O2.2ClH/c1-2-3-5-14-20-12(15(18)21-14)10-22-9-7-17(16(23)24)6-4-8-19-13(17)11-22;;/h13,19H,2-11H2,1H3,(H,20,21)(H,23,24);2*1H/t13-,17+;;/m1../s1. The highest BCUT2D eigenvalue weighted by atomic mass is 35.5. The van der Waals surface area contributed by atoms with Crippen molar-refractivity contribution in [3.8, 4) is 0 Å². The Hall–Kier alpha value is -0.530. The van der Waals surface area contributed by atoms with Gasteiger partial charge in [0.05, 0.1) is 11.1 Å². The SMILES string of the molecule is CCCCc1nc(Cl)c(CN2CC[C@@]3(C(=O)O)CCCN[C@@H]3C2)[nH]1.Cl.Cl. The first-order chi connectivity index (χ1) is 11.5. The third-order valence-corrected chi connectivity index (χ3v) is 5.84. The lowest BCUT2D eigenvalue weighted by Crippen LogP contribution is -2.62. The van der Waals surface area contributed by atoms with E-state index in [-0.39, 0.29) is 30.9 Å². The number of piperidine rings is 2. The monoisotopic (exact) mass is 426 g/mol. The molecule has 0 unspecified atom stereocenters. The number of carboxylic acids is 1. The van der Waals surface area contributed by atoms with E-state index in [9.17, 15) is 9.90 Å². The molecule has 0 aliphatic carbocycles. The summed E-state index contributed by atoms with van der Waals surface area (Å²) in [6.07, 6.45) is 5.55. The van der Waals surface area contributed by atoms with E-state index >= 15 is 0 Å². The molecule has 1 aromatic heterocycles. The summed E-state index contributed by atoms with van der Waals surface area (Å²) in [5, 5.41) is 13.7. The van der Waals surface area contributed by atoms with Crippen molar-refractivity contribution < 1.29 is 9.90 Å². The molecular formula is C17H29Cl3N4O2. The zero-order valence-corrected chi connectivity index (χ0v) is 17.5. The van der Waals surface area contributed by atoms with Crippen LogP contribution in [0.15, 0.2) is 0 Å². The summed E-state index contributed by atoms with van der Waals surface area (Å²) in [6, 6.07) is 0.0127. The van der Waals surface area contributed by atoms with Gasteiger partial charge in [-0.2, -0.15) is 0 Å². The first-order valence-electron chi connectivity index (χ1n) is 8.97. The highest BCUT2D eigenvalue weighted by Gasteiger charge is 2.50. The minimum absolute atomic E-state index is 0. The molecule has 2 aliphatic rings. The number of unbranched alkanes of at least 4 members (excludes halogenated alkanes) is 1. The van der Waals surface area contributed by atoms with Crippen molar-refractivity contribution >= 4 is 42.4 Å². The van der Waals surface area contributed by atoms with Crippen LogP contribution in [0.3, 0.4) is 0 Å². The maximum atomic E-state index is 11.8. The number of nitrogens with one attached hydrogen (secondary N) is 2. The van der Waals surface area contributed by atoms with Crippen molar-refractivity contribution in [3.63, 3.8) is 0 Å². The fourth-order valence-corrected chi connectivity index (χ4v) is 4.24. The molecule has 0 bridgehead atoms. The molecule has 1 aromatic rings. The number of aryl methyl sites for hydroxylation is 1. The maximum Gasteiger partial charge on any atom is 0.311 e. The van der Waals surface area contributed by atoms with Gasteiger partial charge in [0.2, 0.25) is 0 Å². The molecule has 2 aliphatic heterocycles. The van der Waals surface area contributed by atoms with Gasteiger partial charge in [-0.15, -0.1) is 24.8 Å². The number of imidazole rings is 1. The fraction of sp³-hybridized carbons (Fsp3) is 0.765. The first kappa shape index (κ1) is 23.5. The van der Waals surface area contributed by atoms with Crippen molar-refractivity contribution in [2.75, 3.05) is 19.6 Å². The van der Waals surface area contributed by atoms with Gasteiger partial charge in [-0.05, 0) is 38.8 Å². The number of hydrogen-bond donors (Lipinski definition) is 3. The van der Waals surface area contributed by atoms with Crippen LogP contribution >= 0.6 is 36.4 Å². The number of fused-ring (bicyclic) bond motifs is 1. The molecule has 0 aromatic carbocycles. The van der Waals surface area contributed by atoms with Crippen molar-refractivity contribution in [1.82, 2.24) is 20.2 Å². The second kappa shape index (κ2) is 10.1. The summed E-state index contributed by atoms with van der Waals surface area (Å²) in [4.78, 5) is 21.9. The Balaban J connectivity index is 0.00000169. The van der Waals surface area contributed by atoms with Gasteiger partial charge < -0.3 is 15.4 Å². The average Bonchev–Trinajstić information content (AvgIpc) is 2.92. The van der Waals surface area contributed by atoms with Gasteiger partial charge in [0.1, 0.15) is 5.82 Å². The minimum Gasteiger partial charge on any atom is -0.481 e. The Kier molecular flexibility index (Phi) is 9.16. The highest BCUT2D eigenvalue weighted by molar-refractivity contribution is 6.30. The molecule has 26 heavy (non-hydrogen) atoms. The molecular weight excluding hydrogens is 399 g/mol. The van der Waals surface area contributed by atoms with Crippen LogP contribution in [0.25, 0.3) is 0 Å².